The summed E-state index contributed by atoms with van der Waals surface area (Å²) in [6, 6.07) is 31.2. The molecule has 0 radical (unpaired) electrons. The van der Waals surface area contributed by atoms with E-state index in [1.54, 1.807) is 0 Å². The Balaban J connectivity index is 1.94. The van der Waals surface area contributed by atoms with Crippen LogP contribution in [0.5, 0.6) is 0 Å². The molecule has 2 heteroatoms. The molecular weight excluding hydrogens is 376 g/mol. The van der Waals surface area contributed by atoms with Crippen LogP contribution in [0.2, 0.25) is 0 Å². The molecule has 0 N–H and O–H groups in total. The smallest absolute Gasteiger partial charge is 0.0757 e. The van der Waals surface area contributed by atoms with Crippen molar-refractivity contribution in [2.75, 3.05) is 13.1 Å². The molecule has 0 spiro atoms. The lowest BCUT2D eigenvalue weighted by molar-refractivity contribution is 0.250. The zero-order valence-corrected chi connectivity index (χ0v) is 18.1. The van der Waals surface area contributed by atoms with Crippen molar-refractivity contribution in [3.63, 3.8) is 0 Å². The Kier molecular flexibility index (Phi) is 4.22. The number of benzene rings is 5. The maximum Gasteiger partial charge on any atom is 0.0757 e. The van der Waals surface area contributed by atoms with Crippen LogP contribution in [0.4, 0.5) is 0 Å². The number of hydrogen-bond acceptors (Lipinski definition) is 1. The highest BCUT2D eigenvalue weighted by Gasteiger charge is 2.20. The van der Waals surface area contributed by atoms with Gasteiger partial charge in [-0.2, -0.15) is 0 Å². The number of rotatable bonds is 4. The Morgan fingerprint density at radius 2 is 1.16 bits per heavy atom. The van der Waals surface area contributed by atoms with Gasteiger partial charge in [0, 0.05) is 16.2 Å². The minimum atomic E-state index is 0.897. The fourth-order valence-corrected chi connectivity index (χ4v) is 5.29. The summed E-state index contributed by atoms with van der Waals surface area (Å²) in [7, 11) is 0. The molecule has 0 aliphatic carbocycles. The van der Waals surface area contributed by atoms with E-state index in [4.69, 9.17) is 0 Å². The number of aromatic nitrogens is 1. The van der Waals surface area contributed by atoms with Gasteiger partial charge in [-0.25, -0.2) is 0 Å². The third-order valence-electron chi connectivity index (χ3n) is 6.86. The third kappa shape index (κ3) is 2.62. The van der Waals surface area contributed by atoms with Crippen molar-refractivity contribution in [2.45, 2.75) is 20.5 Å². The minimum Gasteiger partial charge on any atom is -0.326 e. The molecular formula is C29H26N2. The normalized spacial score (nSPS) is 12.2. The molecule has 5 aromatic carbocycles. The molecule has 0 saturated heterocycles. The van der Waals surface area contributed by atoms with Gasteiger partial charge in [0.25, 0.3) is 0 Å². The molecule has 0 aliphatic rings. The van der Waals surface area contributed by atoms with Crippen molar-refractivity contribution in [1.82, 2.24) is 9.47 Å². The van der Waals surface area contributed by atoms with Crippen LogP contribution in [0.15, 0.2) is 84.9 Å². The number of nitrogens with zero attached hydrogens (tertiary/aromatic N) is 2. The van der Waals surface area contributed by atoms with Crippen molar-refractivity contribution in [2.24, 2.45) is 0 Å². The van der Waals surface area contributed by atoms with E-state index in [1.807, 2.05) is 0 Å². The summed E-state index contributed by atoms with van der Waals surface area (Å²) in [6.45, 7) is 7.47. The maximum atomic E-state index is 2.55. The minimum absolute atomic E-state index is 0.897. The van der Waals surface area contributed by atoms with Crippen molar-refractivity contribution < 1.29 is 0 Å². The highest BCUT2D eigenvalue weighted by molar-refractivity contribution is 6.35. The monoisotopic (exact) mass is 402 g/mol. The number of hydrogen-bond donors (Lipinski definition) is 0. The zero-order chi connectivity index (χ0) is 20.9. The Morgan fingerprint density at radius 3 is 1.87 bits per heavy atom. The van der Waals surface area contributed by atoms with Crippen LogP contribution in [0.1, 0.15) is 13.8 Å². The first-order valence-corrected chi connectivity index (χ1v) is 11.3. The Bertz CT molecular complexity index is 1590. The van der Waals surface area contributed by atoms with E-state index in [2.05, 4.69) is 108 Å². The molecule has 31 heavy (non-hydrogen) atoms. The first-order chi connectivity index (χ1) is 15.3. The summed E-state index contributed by atoms with van der Waals surface area (Å²) in [5.41, 5.74) is 2.68. The van der Waals surface area contributed by atoms with E-state index in [9.17, 15) is 0 Å². The van der Waals surface area contributed by atoms with Gasteiger partial charge in [-0.05, 0) is 46.1 Å². The Hall–Kier alpha value is -3.36. The molecule has 0 fully saturated rings. The molecule has 1 aromatic heterocycles. The van der Waals surface area contributed by atoms with Gasteiger partial charge in [-0.15, -0.1) is 0 Å². The Labute approximate surface area is 182 Å². The lowest BCUT2D eigenvalue weighted by atomic mass is 9.95. The number of fused-ring (bicyclic) bond motifs is 10. The van der Waals surface area contributed by atoms with Crippen LogP contribution in [0.25, 0.3) is 54.1 Å². The second kappa shape index (κ2) is 7.11. The molecule has 2 nitrogen and oxygen atoms in total. The average Bonchev–Trinajstić information content (AvgIpc) is 3.17. The van der Waals surface area contributed by atoms with Gasteiger partial charge < -0.3 is 4.57 Å². The van der Waals surface area contributed by atoms with Crippen LogP contribution < -0.4 is 0 Å². The van der Waals surface area contributed by atoms with E-state index in [-0.39, 0.29) is 0 Å². The third-order valence-corrected chi connectivity index (χ3v) is 6.86. The molecule has 6 aromatic rings. The predicted molar refractivity (Wildman–Crippen MR) is 135 cm³/mol. The van der Waals surface area contributed by atoms with Crippen LogP contribution >= 0.6 is 0 Å². The van der Waals surface area contributed by atoms with Crippen LogP contribution in [0.3, 0.4) is 0 Å². The SMILES string of the molecule is CCN(CC)Cn1c2ccc3ccccc3c2c2c3ccccc3c3ccccc3c21. The summed E-state index contributed by atoms with van der Waals surface area (Å²) in [4.78, 5) is 2.50. The highest BCUT2D eigenvalue weighted by Crippen LogP contribution is 2.43. The van der Waals surface area contributed by atoms with E-state index < -0.39 is 0 Å². The second-order valence-corrected chi connectivity index (χ2v) is 8.37. The standard InChI is InChI=1S/C29H26N2/c1-3-30(4-2)19-31-26-18-17-20-11-5-6-12-21(20)27(26)28-24-15-9-7-13-22(24)23-14-8-10-16-25(23)29(28)31/h5-18H,3-4,19H2,1-2H3. The van der Waals surface area contributed by atoms with Crippen molar-refractivity contribution in [1.29, 1.82) is 0 Å². The van der Waals surface area contributed by atoms with Gasteiger partial charge >= 0.3 is 0 Å². The first-order valence-electron chi connectivity index (χ1n) is 11.3. The molecule has 0 amide bonds. The van der Waals surface area contributed by atoms with Crippen LogP contribution in [-0.4, -0.2) is 22.6 Å². The second-order valence-electron chi connectivity index (χ2n) is 8.37. The topological polar surface area (TPSA) is 8.17 Å². The molecule has 0 saturated carbocycles. The largest absolute Gasteiger partial charge is 0.326 e. The lowest BCUT2D eigenvalue weighted by Gasteiger charge is -2.21. The maximum absolute atomic E-state index is 2.55. The molecule has 152 valence electrons. The predicted octanol–water partition coefficient (Wildman–Crippen LogP) is 7.55. The van der Waals surface area contributed by atoms with Crippen LogP contribution in [0, 0.1) is 0 Å². The van der Waals surface area contributed by atoms with Gasteiger partial charge in [-0.3, -0.25) is 4.90 Å². The molecule has 0 atom stereocenters. The summed E-state index contributed by atoms with van der Waals surface area (Å²) < 4.78 is 2.55. The average molecular weight is 403 g/mol. The van der Waals surface area contributed by atoms with Gasteiger partial charge in [0.1, 0.15) is 0 Å². The fourth-order valence-electron chi connectivity index (χ4n) is 5.29. The van der Waals surface area contributed by atoms with Gasteiger partial charge in [0.2, 0.25) is 0 Å². The summed E-state index contributed by atoms with van der Waals surface area (Å²) in [5.74, 6) is 0. The van der Waals surface area contributed by atoms with E-state index in [1.165, 1.54) is 54.1 Å². The lowest BCUT2D eigenvalue weighted by Crippen LogP contribution is -2.25. The first kappa shape index (κ1) is 18.4. The molecule has 6 rings (SSSR count). The summed E-state index contributed by atoms with van der Waals surface area (Å²) in [5, 5.41) is 10.7. The van der Waals surface area contributed by atoms with Crippen molar-refractivity contribution >= 4 is 54.1 Å². The molecule has 0 bridgehead atoms. The van der Waals surface area contributed by atoms with Crippen molar-refractivity contribution in [3.8, 4) is 0 Å². The highest BCUT2D eigenvalue weighted by atomic mass is 15.2. The molecule has 0 aliphatic heterocycles. The zero-order valence-electron chi connectivity index (χ0n) is 18.1. The van der Waals surface area contributed by atoms with Gasteiger partial charge in [0.15, 0.2) is 0 Å². The molecule has 0 unspecified atom stereocenters. The molecule has 1 heterocycles. The fraction of sp³-hybridized carbons (Fsp3) is 0.172. The Morgan fingerprint density at radius 1 is 0.581 bits per heavy atom. The summed E-state index contributed by atoms with van der Waals surface area (Å²) in [6.07, 6.45) is 0. The van der Waals surface area contributed by atoms with Crippen molar-refractivity contribution in [3.05, 3.63) is 84.9 Å². The van der Waals surface area contributed by atoms with E-state index >= 15 is 0 Å². The van der Waals surface area contributed by atoms with Crippen LogP contribution in [-0.2, 0) is 6.67 Å². The quantitative estimate of drug-likeness (QED) is 0.276. The summed E-state index contributed by atoms with van der Waals surface area (Å²) >= 11 is 0. The van der Waals surface area contributed by atoms with Gasteiger partial charge in [0.05, 0.1) is 17.7 Å². The van der Waals surface area contributed by atoms with E-state index in [0.29, 0.717) is 0 Å². The van der Waals surface area contributed by atoms with E-state index in [0.717, 1.165) is 19.8 Å². The van der Waals surface area contributed by atoms with Gasteiger partial charge in [-0.1, -0.05) is 92.7 Å².